The van der Waals surface area contributed by atoms with Crippen LogP contribution in [-0.4, -0.2) is 53.8 Å². The number of nitrogens with zero attached hydrogens (tertiary/aromatic N) is 5. The number of methoxy groups -OCH3 is 1. The molecule has 0 saturated carbocycles. The first-order valence-electron chi connectivity index (χ1n) is 12.1. The molecule has 4 aromatic rings. The topological polar surface area (TPSA) is 169 Å². The van der Waals surface area contributed by atoms with Gasteiger partial charge in [-0.15, -0.1) is 0 Å². The fraction of sp³-hybridized carbons (Fsp3) is 0.222. The molecule has 0 aliphatic rings. The molecule has 0 spiro atoms. The number of anilines is 1. The number of hydrogen-bond acceptors (Lipinski definition) is 11. The summed E-state index contributed by atoms with van der Waals surface area (Å²) in [5.41, 5.74) is 1.34. The molecule has 40 heavy (non-hydrogen) atoms. The van der Waals surface area contributed by atoms with Crippen molar-refractivity contribution in [2.24, 2.45) is 0 Å². The highest BCUT2D eigenvalue weighted by atomic mass is 32.2. The number of pyridine rings is 2. The van der Waals surface area contributed by atoms with Gasteiger partial charge < -0.3 is 19.3 Å². The Balaban J connectivity index is 1.89. The van der Waals surface area contributed by atoms with Crippen molar-refractivity contribution in [1.82, 2.24) is 19.9 Å². The lowest BCUT2D eigenvalue weighted by molar-refractivity contribution is 0.192. The third kappa shape index (κ3) is 6.42. The number of aliphatic hydroxyl groups excluding tert-OH is 1. The van der Waals surface area contributed by atoms with Crippen LogP contribution in [0, 0.1) is 11.3 Å². The average Bonchev–Trinajstić information content (AvgIpc) is 2.97. The highest BCUT2D eigenvalue weighted by Gasteiger charge is 2.26. The number of benzene rings is 1. The van der Waals surface area contributed by atoms with E-state index in [0.717, 1.165) is 5.56 Å². The summed E-state index contributed by atoms with van der Waals surface area (Å²) in [5.74, 6) is 0.138. The van der Waals surface area contributed by atoms with Crippen molar-refractivity contribution in [2.75, 3.05) is 25.0 Å². The zero-order chi connectivity index (χ0) is 28.7. The minimum absolute atomic E-state index is 0.0139. The van der Waals surface area contributed by atoms with Gasteiger partial charge in [0, 0.05) is 18.0 Å². The maximum atomic E-state index is 13.4. The number of aromatic nitrogens is 4. The van der Waals surface area contributed by atoms with Crippen LogP contribution in [0.1, 0.15) is 31.0 Å². The third-order valence-corrected chi connectivity index (χ3v) is 6.76. The molecule has 0 amide bonds. The fourth-order valence-corrected chi connectivity index (χ4v) is 4.41. The molecule has 0 aliphatic carbocycles. The Hall–Kier alpha value is -4.80. The number of sulfonamides is 1. The number of aliphatic hydroxyl groups is 1. The van der Waals surface area contributed by atoms with E-state index in [1.807, 2.05) is 19.9 Å². The number of nitriles is 1. The van der Waals surface area contributed by atoms with Crippen molar-refractivity contribution in [3.8, 4) is 40.6 Å². The molecule has 1 aromatic carbocycles. The standard InChI is InChI=1S/C27H26N6O6S/c1-17(2)19-8-9-23(30-16-19)40(35,36)33-26-24(39-22-7-5-4-6-21(22)37-3)27(38-13-12-34)32-25(31-26)18-10-11-29-20(14-18)15-28/h4-11,14,16-17,34H,12-13H2,1-3H3,(H,31,32,33). The Morgan fingerprint density at radius 3 is 2.50 bits per heavy atom. The van der Waals surface area contributed by atoms with Gasteiger partial charge >= 0.3 is 0 Å². The van der Waals surface area contributed by atoms with Crippen molar-refractivity contribution < 1.29 is 27.7 Å². The maximum Gasteiger partial charge on any atom is 0.280 e. The Kier molecular flexibility index (Phi) is 8.73. The minimum Gasteiger partial charge on any atom is -0.493 e. The average molecular weight is 563 g/mol. The first-order chi connectivity index (χ1) is 19.2. The monoisotopic (exact) mass is 562 g/mol. The van der Waals surface area contributed by atoms with E-state index < -0.39 is 10.0 Å². The van der Waals surface area contributed by atoms with E-state index in [1.165, 1.54) is 31.6 Å². The van der Waals surface area contributed by atoms with Gasteiger partial charge in [0.2, 0.25) is 5.75 Å². The maximum absolute atomic E-state index is 13.4. The van der Waals surface area contributed by atoms with Crippen molar-refractivity contribution >= 4 is 15.8 Å². The minimum atomic E-state index is -4.27. The highest BCUT2D eigenvalue weighted by Crippen LogP contribution is 2.41. The Morgan fingerprint density at radius 1 is 1.07 bits per heavy atom. The zero-order valence-corrected chi connectivity index (χ0v) is 22.7. The molecule has 0 fully saturated rings. The molecule has 0 unspecified atom stereocenters. The molecule has 3 heterocycles. The Morgan fingerprint density at radius 2 is 1.85 bits per heavy atom. The summed E-state index contributed by atoms with van der Waals surface area (Å²) in [6.45, 7) is 3.41. The van der Waals surface area contributed by atoms with Gasteiger partial charge in [0.05, 0.1) is 13.7 Å². The molecule has 3 aromatic heterocycles. The number of hydrogen-bond donors (Lipinski definition) is 2. The van der Waals surface area contributed by atoms with Crippen molar-refractivity contribution in [3.63, 3.8) is 0 Å². The van der Waals surface area contributed by atoms with Crippen molar-refractivity contribution in [3.05, 3.63) is 72.2 Å². The molecule has 206 valence electrons. The lowest BCUT2D eigenvalue weighted by Gasteiger charge is -2.18. The van der Waals surface area contributed by atoms with Crippen LogP contribution in [-0.2, 0) is 10.0 Å². The first-order valence-corrected chi connectivity index (χ1v) is 13.6. The summed E-state index contributed by atoms with van der Waals surface area (Å²) in [7, 11) is -2.81. The number of ether oxygens (including phenoxy) is 3. The SMILES string of the molecule is COc1ccccc1Oc1c(NS(=O)(=O)c2ccc(C(C)C)cn2)nc(-c2ccnc(C#N)c2)nc1OCCO. The molecule has 0 radical (unpaired) electrons. The van der Waals surface area contributed by atoms with Gasteiger partial charge in [-0.3, -0.25) is 4.72 Å². The molecular formula is C27H26N6O6S. The van der Waals surface area contributed by atoms with Gasteiger partial charge in [-0.25, -0.2) is 15.0 Å². The highest BCUT2D eigenvalue weighted by molar-refractivity contribution is 7.92. The molecule has 2 N–H and O–H groups in total. The number of para-hydroxylation sites is 2. The molecule has 0 atom stereocenters. The van der Waals surface area contributed by atoms with Crippen LogP contribution in [0.4, 0.5) is 5.82 Å². The van der Waals surface area contributed by atoms with Gasteiger partial charge in [0.1, 0.15) is 18.4 Å². The van der Waals surface area contributed by atoms with E-state index in [-0.39, 0.29) is 58.9 Å². The molecule has 13 heteroatoms. The zero-order valence-electron chi connectivity index (χ0n) is 21.9. The second-order valence-electron chi connectivity index (χ2n) is 8.59. The van der Waals surface area contributed by atoms with E-state index in [9.17, 15) is 18.8 Å². The van der Waals surface area contributed by atoms with Crippen LogP contribution < -0.4 is 18.9 Å². The smallest absolute Gasteiger partial charge is 0.280 e. The fourth-order valence-electron chi connectivity index (χ4n) is 3.48. The lowest BCUT2D eigenvalue weighted by atomic mass is 10.1. The summed E-state index contributed by atoms with van der Waals surface area (Å²) < 4.78 is 46.4. The Bertz CT molecular complexity index is 1640. The van der Waals surface area contributed by atoms with Crippen molar-refractivity contribution in [2.45, 2.75) is 24.8 Å². The van der Waals surface area contributed by atoms with Gasteiger partial charge in [-0.2, -0.15) is 18.7 Å². The van der Waals surface area contributed by atoms with E-state index in [0.29, 0.717) is 11.3 Å². The third-order valence-electron chi connectivity index (χ3n) is 5.51. The molecule has 12 nitrogen and oxygen atoms in total. The van der Waals surface area contributed by atoms with Crippen molar-refractivity contribution in [1.29, 1.82) is 5.26 Å². The summed E-state index contributed by atoms with van der Waals surface area (Å²) in [6.07, 6.45) is 2.89. The molecule has 0 aliphatic heterocycles. The second-order valence-corrected chi connectivity index (χ2v) is 10.2. The predicted octanol–water partition coefficient (Wildman–Crippen LogP) is 3.90. The van der Waals surface area contributed by atoms with Crippen LogP contribution in [0.15, 0.2) is 66.0 Å². The van der Waals surface area contributed by atoms with Crippen LogP contribution in [0.25, 0.3) is 11.4 Å². The number of nitrogens with one attached hydrogen (secondary N) is 1. The summed E-state index contributed by atoms with van der Waals surface area (Å²) in [4.78, 5) is 16.9. The van der Waals surface area contributed by atoms with Crippen LogP contribution >= 0.6 is 0 Å². The van der Waals surface area contributed by atoms with E-state index in [1.54, 1.807) is 36.4 Å². The van der Waals surface area contributed by atoms with E-state index in [2.05, 4.69) is 24.7 Å². The lowest BCUT2D eigenvalue weighted by Crippen LogP contribution is -2.17. The van der Waals surface area contributed by atoms with Crippen LogP contribution in [0.3, 0.4) is 0 Å². The van der Waals surface area contributed by atoms with Crippen LogP contribution in [0.2, 0.25) is 0 Å². The van der Waals surface area contributed by atoms with Gasteiger partial charge in [0.25, 0.3) is 15.9 Å². The van der Waals surface area contributed by atoms with Gasteiger partial charge in [0.15, 0.2) is 28.2 Å². The molecule has 4 rings (SSSR count). The first kappa shape index (κ1) is 28.2. The predicted molar refractivity (Wildman–Crippen MR) is 145 cm³/mol. The second kappa shape index (κ2) is 12.4. The van der Waals surface area contributed by atoms with E-state index >= 15 is 0 Å². The summed E-state index contributed by atoms with van der Waals surface area (Å²) >= 11 is 0. The van der Waals surface area contributed by atoms with Crippen LogP contribution in [0.5, 0.6) is 23.1 Å². The van der Waals surface area contributed by atoms with Gasteiger partial charge in [-0.05, 0) is 41.8 Å². The number of rotatable bonds is 11. The largest absolute Gasteiger partial charge is 0.493 e. The summed E-state index contributed by atoms with van der Waals surface area (Å²) in [6, 6.07) is 14.7. The van der Waals surface area contributed by atoms with Gasteiger partial charge in [-0.1, -0.05) is 32.0 Å². The normalized spacial score (nSPS) is 11.1. The quantitative estimate of drug-likeness (QED) is 0.272. The molecular weight excluding hydrogens is 536 g/mol. The summed E-state index contributed by atoms with van der Waals surface area (Å²) in [5, 5.41) is 18.5. The molecule has 0 bridgehead atoms. The molecule has 0 saturated heterocycles. The van der Waals surface area contributed by atoms with E-state index in [4.69, 9.17) is 14.2 Å². The Labute approximate surface area is 231 Å².